The van der Waals surface area contributed by atoms with Crippen LogP contribution in [0.1, 0.15) is 94.3 Å². The van der Waals surface area contributed by atoms with Gasteiger partial charge in [0.15, 0.2) is 0 Å². The maximum absolute atomic E-state index is 10.5. The Hall–Kier alpha value is -2.55. The number of nitrogens with zero attached hydrogens (tertiary/aromatic N) is 2. The van der Waals surface area contributed by atoms with Crippen molar-refractivity contribution in [3.8, 4) is 0 Å². The number of hydrogen-bond acceptors (Lipinski definition) is 6. The molecule has 9 nitrogen and oxygen atoms in total. The maximum Gasteiger partial charge on any atom is 0.336 e. The maximum atomic E-state index is 10.5. The first-order valence-corrected chi connectivity index (χ1v) is 10.6. The average Bonchev–Trinajstić information content (AvgIpc) is 2.72. The van der Waals surface area contributed by atoms with E-state index < -0.39 is 32.8 Å². The van der Waals surface area contributed by atoms with Crippen LogP contribution in [0.15, 0.2) is 18.2 Å². The molecule has 1 rings (SSSR count). The van der Waals surface area contributed by atoms with Gasteiger partial charge in [0, 0.05) is 18.7 Å². The first-order valence-electron chi connectivity index (χ1n) is 10.6. The first kappa shape index (κ1) is 27.5. The van der Waals surface area contributed by atoms with Gasteiger partial charge in [0.25, 0.3) is 11.4 Å². The van der Waals surface area contributed by atoms with Gasteiger partial charge in [0.1, 0.15) is 0 Å². The number of non-ortho nitro benzene ring substituents is 2. The molecule has 30 heavy (non-hydrogen) atoms. The number of hydrogen-bond donors (Lipinski definition) is 2. The van der Waals surface area contributed by atoms with Crippen molar-refractivity contribution in [2.75, 3.05) is 6.61 Å². The highest BCUT2D eigenvalue weighted by Gasteiger charge is 2.19. The smallest absolute Gasteiger partial charge is 0.336 e. The molecule has 0 spiro atoms. The fourth-order valence-corrected chi connectivity index (χ4v) is 2.88. The van der Waals surface area contributed by atoms with Crippen LogP contribution in [0.25, 0.3) is 0 Å². The van der Waals surface area contributed by atoms with Crippen LogP contribution < -0.4 is 0 Å². The summed E-state index contributed by atoms with van der Waals surface area (Å²) in [5, 5.41) is 37.8. The molecule has 0 atom stereocenters. The number of nitro benzene ring substituents is 2. The van der Waals surface area contributed by atoms with E-state index in [-0.39, 0.29) is 0 Å². The first-order chi connectivity index (χ1) is 14.3. The van der Waals surface area contributed by atoms with E-state index in [9.17, 15) is 25.0 Å². The number of aromatic carboxylic acids is 1. The van der Waals surface area contributed by atoms with Crippen molar-refractivity contribution >= 4 is 17.3 Å². The Morgan fingerprint density at radius 3 is 1.43 bits per heavy atom. The van der Waals surface area contributed by atoms with Gasteiger partial charge in [-0.05, 0) is 6.42 Å². The van der Waals surface area contributed by atoms with Gasteiger partial charge in [0.05, 0.1) is 21.5 Å². The van der Waals surface area contributed by atoms with Crippen LogP contribution in [-0.4, -0.2) is 32.6 Å². The second kappa shape index (κ2) is 17.3. The van der Waals surface area contributed by atoms with Gasteiger partial charge in [-0.3, -0.25) is 20.2 Å². The molecule has 2 N–H and O–H groups in total. The number of nitro groups is 2. The number of carboxylic acid groups (broad SMARTS) is 1. The van der Waals surface area contributed by atoms with Gasteiger partial charge in [-0.2, -0.15) is 0 Å². The van der Waals surface area contributed by atoms with Crippen molar-refractivity contribution in [1.82, 2.24) is 0 Å². The van der Waals surface area contributed by atoms with E-state index in [0.29, 0.717) is 12.7 Å². The van der Waals surface area contributed by atoms with Crippen LogP contribution in [-0.2, 0) is 0 Å². The molecule has 0 fully saturated rings. The summed E-state index contributed by atoms with van der Waals surface area (Å²) >= 11 is 0. The zero-order valence-corrected chi connectivity index (χ0v) is 17.8. The molecule has 0 unspecified atom stereocenters. The lowest BCUT2D eigenvalue weighted by Gasteiger charge is -2.01. The number of unbranched alkanes of at least 4 members (excludes halogenated alkanes) is 11. The Bertz CT molecular complexity index is 559. The molecule has 0 heterocycles. The number of aliphatic hydroxyl groups excluding tert-OH is 1. The largest absolute Gasteiger partial charge is 0.478 e. The zero-order valence-electron chi connectivity index (χ0n) is 17.8. The number of benzene rings is 1. The van der Waals surface area contributed by atoms with Crippen molar-refractivity contribution < 1.29 is 24.9 Å². The summed E-state index contributed by atoms with van der Waals surface area (Å²) in [5.41, 5.74) is -1.74. The Morgan fingerprint density at radius 2 is 1.13 bits per heavy atom. The SMILES string of the molecule is CCCCCCCCCCCCCCO.O=C(O)c1cc([N+](=O)[O-])cc([N+](=O)[O-])c1. The normalized spacial score (nSPS) is 10.2. The van der Waals surface area contributed by atoms with E-state index in [1.54, 1.807) is 0 Å². The topological polar surface area (TPSA) is 144 Å². The lowest BCUT2D eigenvalue weighted by atomic mass is 10.1. The molecule has 0 saturated carbocycles. The van der Waals surface area contributed by atoms with Crippen molar-refractivity contribution in [3.05, 3.63) is 44.0 Å². The van der Waals surface area contributed by atoms with Crippen molar-refractivity contribution in [3.63, 3.8) is 0 Å². The van der Waals surface area contributed by atoms with Gasteiger partial charge < -0.3 is 10.2 Å². The Labute approximate surface area is 177 Å². The van der Waals surface area contributed by atoms with Crippen molar-refractivity contribution in [2.45, 2.75) is 84.0 Å². The third kappa shape index (κ3) is 13.6. The van der Waals surface area contributed by atoms with E-state index in [4.69, 9.17) is 10.2 Å². The highest BCUT2D eigenvalue weighted by atomic mass is 16.6. The van der Waals surface area contributed by atoms with E-state index in [2.05, 4.69) is 6.92 Å². The Kier molecular flexibility index (Phi) is 15.8. The van der Waals surface area contributed by atoms with Gasteiger partial charge in [0.2, 0.25) is 0 Å². The van der Waals surface area contributed by atoms with Crippen molar-refractivity contribution in [1.29, 1.82) is 0 Å². The molecular weight excluding hydrogens is 392 g/mol. The highest BCUT2D eigenvalue weighted by Crippen LogP contribution is 2.22. The second-order valence-corrected chi connectivity index (χ2v) is 7.17. The number of aliphatic hydroxyl groups is 1. The molecule has 0 bridgehead atoms. The molecule has 1 aromatic rings. The lowest BCUT2D eigenvalue weighted by molar-refractivity contribution is -0.394. The molecule has 1 aromatic carbocycles. The summed E-state index contributed by atoms with van der Waals surface area (Å²) in [6, 6.07) is 2.22. The second-order valence-electron chi connectivity index (χ2n) is 7.17. The molecule has 0 aliphatic rings. The monoisotopic (exact) mass is 426 g/mol. The van der Waals surface area contributed by atoms with E-state index in [0.717, 1.165) is 18.6 Å². The summed E-state index contributed by atoms with van der Waals surface area (Å²) < 4.78 is 0. The molecule has 0 saturated heterocycles. The van der Waals surface area contributed by atoms with Gasteiger partial charge in [-0.1, -0.05) is 77.6 Å². The standard InChI is InChI=1S/C14H30O.C7H4N2O6/c1-2-3-4-5-6-7-8-9-10-11-12-13-14-15;10-7(11)4-1-5(8(12)13)3-6(2-4)9(14)15/h15H,2-14H2,1H3;1-3H,(H,10,11). The van der Waals surface area contributed by atoms with Gasteiger partial charge >= 0.3 is 5.97 Å². The average molecular weight is 427 g/mol. The van der Waals surface area contributed by atoms with E-state index in [1.165, 1.54) is 70.6 Å². The summed E-state index contributed by atoms with van der Waals surface area (Å²) in [6.07, 6.45) is 16.2. The molecule has 9 heteroatoms. The van der Waals surface area contributed by atoms with E-state index >= 15 is 0 Å². The summed E-state index contributed by atoms with van der Waals surface area (Å²) in [5.74, 6) is -1.46. The third-order valence-corrected chi connectivity index (χ3v) is 4.58. The number of carbonyl (C=O) groups is 1. The fraction of sp³-hybridized carbons (Fsp3) is 0.667. The minimum absolute atomic E-state index is 0.372. The van der Waals surface area contributed by atoms with Gasteiger partial charge in [-0.25, -0.2) is 4.79 Å². The minimum Gasteiger partial charge on any atom is -0.478 e. The van der Waals surface area contributed by atoms with Crippen LogP contribution in [0.2, 0.25) is 0 Å². The zero-order chi connectivity index (χ0) is 22.8. The molecule has 0 aromatic heterocycles. The van der Waals surface area contributed by atoms with Gasteiger partial charge in [-0.15, -0.1) is 0 Å². The summed E-state index contributed by atoms with van der Waals surface area (Å²) in [6.45, 7) is 2.64. The summed E-state index contributed by atoms with van der Waals surface area (Å²) in [4.78, 5) is 29.4. The Balaban J connectivity index is 0.000000561. The molecule has 170 valence electrons. The van der Waals surface area contributed by atoms with Crippen molar-refractivity contribution in [2.24, 2.45) is 0 Å². The molecule has 0 aliphatic carbocycles. The van der Waals surface area contributed by atoms with E-state index in [1.807, 2.05) is 0 Å². The fourth-order valence-electron chi connectivity index (χ4n) is 2.88. The number of carboxylic acids is 1. The molecule has 0 radical (unpaired) electrons. The predicted molar refractivity (Wildman–Crippen MR) is 115 cm³/mol. The third-order valence-electron chi connectivity index (χ3n) is 4.58. The Morgan fingerprint density at radius 1 is 0.767 bits per heavy atom. The minimum atomic E-state index is -1.46. The molecule has 0 aliphatic heterocycles. The van der Waals surface area contributed by atoms with Crippen LogP contribution in [0.5, 0.6) is 0 Å². The molecular formula is C21H34N2O7. The lowest BCUT2D eigenvalue weighted by Crippen LogP contribution is -2.00. The van der Waals surface area contributed by atoms with Crippen LogP contribution in [0, 0.1) is 20.2 Å². The summed E-state index contributed by atoms with van der Waals surface area (Å²) in [7, 11) is 0. The van der Waals surface area contributed by atoms with Crippen LogP contribution in [0.3, 0.4) is 0 Å². The number of rotatable bonds is 15. The van der Waals surface area contributed by atoms with Crippen LogP contribution in [0.4, 0.5) is 11.4 Å². The molecule has 0 amide bonds. The quantitative estimate of drug-likeness (QED) is 0.202. The predicted octanol–water partition coefficient (Wildman–Crippen LogP) is 5.88. The van der Waals surface area contributed by atoms with Crippen LogP contribution >= 0.6 is 0 Å². The highest BCUT2D eigenvalue weighted by molar-refractivity contribution is 5.89.